The topological polar surface area (TPSA) is 61.8 Å². The number of unbranched alkanes of at least 4 members (excludes halogenated alkanes) is 20. The third-order valence-corrected chi connectivity index (χ3v) is 10.4. The molecule has 0 aliphatic rings. The Hall–Kier alpha value is -2.92. The Morgan fingerprint density at radius 2 is 0.767 bits per heavy atom. The summed E-state index contributed by atoms with van der Waals surface area (Å²) in [6.45, 7) is 7.58. The number of esters is 2. The minimum absolute atomic E-state index is 0.0623. The lowest BCUT2D eigenvalue weighted by atomic mass is 10.1. The normalized spacial score (nSPS) is 12.9. The Morgan fingerprint density at radius 3 is 1.27 bits per heavy atom. The van der Waals surface area contributed by atoms with Gasteiger partial charge in [0.05, 0.1) is 6.61 Å². The first-order valence-corrected chi connectivity index (χ1v) is 25.1. The number of allylic oxidation sites excluding steroid dienone is 14. The van der Waals surface area contributed by atoms with Crippen molar-refractivity contribution in [3.63, 3.8) is 0 Å². The van der Waals surface area contributed by atoms with Gasteiger partial charge in [0, 0.05) is 19.4 Å². The first kappa shape index (κ1) is 57.1. The number of ether oxygens (including phenoxy) is 3. The standard InChI is InChI=1S/C55H94O5/c1-4-7-10-13-16-19-22-24-26-27-28-29-30-31-34-36-39-42-45-48-54(56)59-52-53(60-55(57)49-46-43-40-37-33-21-18-15-12-9-6-3)51-58-50-47-44-41-38-35-32-25-23-20-17-14-11-8-5-2/h8,11,15-20,24-26,28-29,32,53H,4-7,9-10,12-14,21-23,27,30-31,33-52H2,1-3H3/b11-8-,18-15-,19-16-,20-17-,26-24-,29-28-,32-25-. The Balaban J connectivity index is 4.30. The maximum Gasteiger partial charge on any atom is 0.306 e. The van der Waals surface area contributed by atoms with Gasteiger partial charge in [-0.1, -0.05) is 189 Å². The second-order valence-corrected chi connectivity index (χ2v) is 16.3. The molecule has 0 heterocycles. The SMILES string of the molecule is CC/C=C\C/C=C\C/C=C\CCCCCCOCC(COC(=O)CCCCCCCC/C=C\C/C=C\C/C=C\CCCCC)OC(=O)CCCCCCC/C=C\CCCC. The highest BCUT2D eigenvalue weighted by Gasteiger charge is 2.17. The predicted octanol–water partition coefficient (Wildman–Crippen LogP) is 16.9. The minimum atomic E-state index is -0.560. The van der Waals surface area contributed by atoms with Gasteiger partial charge < -0.3 is 14.2 Å². The molecule has 0 spiro atoms. The molecule has 5 nitrogen and oxygen atoms in total. The third kappa shape index (κ3) is 47.8. The number of hydrogen-bond acceptors (Lipinski definition) is 5. The second kappa shape index (κ2) is 50.4. The van der Waals surface area contributed by atoms with Crippen LogP contribution in [0.2, 0.25) is 0 Å². The molecule has 0 aliphatic carbocycles. The fourth-order valence-corrected chi connectivity index (χ4v) is 6.63. The van der Waals surface area contributed by atoms with Crippen LogP contribution in [0.15, 0.2) is 85.1 Å². The smallest absolute Gasteiger partial charge is 0.306 e. The monoisotopic (exact) mass is 835 g/mol. The van der Waals surface area contributed by atoms with Crippen molar-refractivity contribution in [3.05, 3.63) is 85.1 Å². The van der Waals surface area contributed by atoms with E-state index in [2.05, 4.69) is 106 Å². The molecule has 0 amide bonds. The molecule has 0 saturated carbocycles. The first-order chi connectivity index (χ1) is 29.6. The summed E-state index contributed by atoms with van der Waals surface area (Å²) in [5.41, 5.74) is 0. The summed E-state index contributed by atoms with van der Waals surface area (Å²) in [6.07, 6.45) is 65.9. The largest absolute Gasteiger partial charge is 0.462 e. The molecule has 0 saturated heterocycles. The summed E-state index contributed by atoms with van der Waals surface area (Å²) in [5.74, 6) is -0.438. The van der Waals surface area contributed by atoms with Crippen LogP contribution in [0.4, 0.5) is 0 Å². The molecular formula is C55H94O5. The molecule has 0 N–H and O–H groups in total. The van der Waals surface area contributed by atoms with Crippen molar-refractivity contribution in [1.82, 2.24) is 0 Å². The zero-order chi connectivity index (χ0) is 43.5. The Morgan fingerprint density at radius 1 is 0.383 bits per heavy atom. The highest BCUT2D eigenvalue weighted by atomic mass is 16.6. The van der Waals surface area contributed by atoms with Crippen LogP contribution in [0.1, 0.15) is 226 Å². The lowest BCUT2D eigenvalue weighted by Gasteiger charge is -2.18. The summed E-state index contributed by atoms with van der Waals surface area (Å²) in [7, 11) is 0. The summed E-state index contributed by atoms with van der Waals surface area (Å²) in [6, 6.07) is 0. The van der Waals surface area contributed by atoms with Crippen molar-refractivity contribution in [2.24, 2.45) is 0 Å². The molecule has 0 rings (SSSR count). The molecule has 1 atom stereocenters. The number of carbonyl (C=O) groups excluding carboxylic acids is 2. The van der Waals surface area contributed by atoms with Crippen molar-refractivity contribution >= 4 is 11.9 Å². The van der Waals surface area contributed by atoms with Gasteiger partial charge in [0.15, 0.2) is 6.10 Å². The molecule has 60 heavy (non-hydrogen) atoms. The van der Waals surface area contributed by atoms with Crippen LogP contribution in [0.5, 0.6) is 0 Å². The average Bonchev–Trinajstić information content (AvgIpc) is 3.25. The van der Waals surface area contributed by atoms with Gasteiger partial charge in [0.25, 0.3) is 0 Å². The number of rotatable bonds is 45. The van der Waals surface area contributed by atoms with Crippen LogP contribution >= 0.6 is 0 Å². The Labute approximate surface area is 371 Å². The molecule has 1 unspecified atom stereocenters. The van der Waals surface area contributed by atoms with Crippen LogP contribution in [-0.2, 0) is 23.8 Å². The van der Waals surface area contributed by atoms with E-state index >= 15 is 0 Å². The van der Waals surface area contributed by atoms with E-state index in [9.17, 15) is 9.59 Å². The lowest BCUT2D eigenvalue weighted by Crippen LogP contribution is -2.30. The average molecular weight is 835 g/mol. The highest BCUT2D eigenvalue weighted by molar-refractivity contribution is 5.70. The van der Waals surface area contributed by atoms with Crippen LogP contribution in [0, 0.1) is 0 Å². The number of carbonyl (C=O) groups is 2. The molecule has 0 aromatic carbocycles. The van der Waals surface area contributed by atoms with Gasteiger partial charge in [-0.25, -0.2) is 0 Å². The second-order valence-electron chi connectivity index (χ2n) is 16.3. The van der Waals surface area contributed by atoms with E-state index in [1.165, 1.54) is 89.9 Å². The maximum atomic E-state index is 12.7. The fraction of sp³-hybridized carbons (Fsp3) is 0.709. The summed E-state index contributed by atoms with van der Waals surface area (Å²) in [5, 5.41) is 0. The van der Waals surface area contributed by atoms with E-state index in [-0.39, 0.29) is 25.2 Å². The van der Waals surface area contributed by atoms with E-state index in [0.29, 0.717) is 19.4 Å². The molecule has 0 aliphatic heterocycles. The molecule has 0 bridgehead atoms. The van der Waals surface area contributed by atoms with Crippen molar-refractivity contribution in [2.45, 2.75) is 232 Å². The van der Waals surface area contributed by atoms with Gasteiger partial charge in [-0.05, 0) is 109 Å². The molecule has 344 valence electrons. The zero-order valence-electron chi connectivity index (χ0n) is 39.5. The van der Waals surface area contributed by atoms with Gasteiger partial charge in [-0.3, -0.25) is 9.59 Å². The minimum Gasteiger partial charge on any atom is -0.462 e. The lowest BCUT2D eigenvalue weighted by molar-refractivity contribution is -0.163. The Kier molecular flexibility index (Phi) is 48.0. The van der Waals surface area contributed by atoms with Crippen LogP contribution in [0.3, 0.4) is 0 Å². The van der Waals surface area contributed by atoms with Crippen molar-refractivity contribution in [2.75, 3.05) is 19.8 Å². The first-order valence-electron chi connectivity index (χ1n) is 25.1. The van der Waals surface area contributed by atoms with Crippen molar-refractivity contribution in [1.29, 1.82) is 0 Å². The molecular weight excluding hydrogens is 741 g/mol. The van der Waals surface area contributed by atoms with Crippen molar-refractivity contribution < 1.29 is 23.8 Å². The van der Waals surface area contributed by atoms with Crippen molar-refractivity contribution in [3.8, 4) is 0 Å². The maximum absolute atomic E-state index is 12.7. The van der Waals surface area contributed by atoms with Gasteiger partial charge in [-0.2, -0.15) is 0 Å². The zero-order valence-corrected chi connectivity index (χ0v) is 39.5. The van der Waals surface area contributed by atoms with E-state index < -0.39 is 6.10 Å². The fourth-order valence-electron chi connectivity index (χ4n) is 6.63. The van der Waals surface area contributed by atoms with E-state index in [1.807, 2.05) is 0 Å². The van der Waals surface area contributed by atoms with Gasteiger partial charge in [-0.15, -0.1) is 0 Å². The number of hydrogen-bond donors (Lipinski definition) is 0. The molecule has 0 radical (unpaired) electrons. The molecule has 0 aromatic heterocycles. The van der Waals surface area contributed by atoms with Crippen LogP contribution in [0.25, 0.3) is 0 Å². The molecule has 5 heteroatoms. The summed E-state index contributed by atoms with van der Waals surface area (Å²) < 4.78 is 17.3. The quantitative estimate of drug-likeness (QED) is 0.0347. The van der Waals surface area contributed by atoms with E-state index in [1.54, 1.807) is 0 Å². The molecule has 0 fully saturated rings. The van der Waals surface area contributed by atoms with Crippen LogP contribution in [-0.4, -0.2) is 37.9 Å². The highest BCUT2D eigenvalue weighted by Crippen LogP contribution is 2.13. The van der Waals surface area contributed by atoms with E-state index in [4.69, 9.17) is 14.2 Å². The van der Waals surface area contributed by atoms with Gasteiger partial charge >= 0.3 is 11.9 Å². The molecule has 0 aromatic rings. The third-order valence-electron chi connectivity index (χ3n) is 10.4. The Bertz CT molecular complexity index is 1130. The summed E-state index contributed by atoms with van der Waals surface area (Å²) in [4.78, 5) is 25.3. The van der Waals surface area contributed by atoms with Gasteiger partial charge in [0.1, 0.15) is 6.61 Å². The predicted molar refractivity (Wildman–Crippen MR) is 260 cm³/mol. The van der Waals surface area contributed by atoms with Crippen LogP contribution < -0.4 is 0 Å². The van der Waals surface area contributed by atoms with Gasteiger partial charge in [0.2, 0.25) is 0 Å². The van der Waals surface area contributed by atoms with E-state index in [0.717, 1.165) is 103 Å². The summed E-state index contributed by atoms with van der Waals surface area (Å²) >= 11 is 0.